The molecular formula is C24H28N4O5S. The van der Waals surface area contributed by atoms with Crippen LogP contribution in [0.4, 0.5) is 10.6 Å². The monoisotopic (exact) mass is 484 g/mol. The molecule has 1 atom stereocenters. The number of rotatable bonds is 9. The number of hydrogen-bond donors (Lipinski definition) is 2. The first-order valence-electron chi connectivity index (χ1n) is 11.0. The average Bonchev–Trinajstić information content (AvgIpc) is 3.66. The maximum Gasteiger partial charge on any atom is 0.418 e. The van der Waals surface area contributed by atoms with Crippen LogP contribution in [0.1, 0.15) is 32.3 Å². The Bertz CT molecular complexity index is 1320. The van der Waals surface area contributed by atoms with Gasteiger partial charge in [0.1, 0.15) is 18.8 Å². The lowest BCUT2D eigenvalue weighted by molar-refractivity contribution is 0.159. The van der Waals surface area contributed by atoms with Crippen molar-refractivity contribution in [3.05, 3.63) is 48.3 Å². The van der Waals surface area contributed by atoms with Gasteiger partial charge in [0.15, 0.2) is 11.5 Å². The molecule has 1 heterocycles. The number of carbonyl (C=O) groups is 1. The largest absolute Gasteiger partial charge is 0.493 e. The van der Waals surface area contributed by atoms with Crippen LogP contribution in [0, 0.1) is 0 Å². The first-order chi connectivity index (χ1) is 16.5. The Labute approximate surface area is 199 Å². The molecule has 180 valence electrons. The van der Waals surface area contributed by atoms with Crippen molar-refractivity contribution in [3.8, 4) is 11.5 Å². The minimum absolute atomic E-state index is 0.190. The predicted molar refractivity (Wildman–Crippen MR) is 132 cm³/mol. The maximum absolute atomic E-state index is 13.3. The number of aromatic nitrogens is 2. The van der Waals surface area contributed by atoms with Crippen molar-refractivity contribution in [3.63, 3.8) is 0 Å². The lowest BCUT2D eigenvalue weighted by Crippen LogP contribution is -2.32. The van der Waals surface area contributed by atoms with E-state index < -0.39 is 15.8 Å². The van der Waals surface area contributed by atoms with E-state index in [0.717, 1.165) is 35.1 Å². The summed E-state index contributed by atoms with van der Waals surface area (Å²) >= 11 is 0. The zero-order chi connectivity index (χ0) is 24.1. The summed E-state index contributed by atoms with van der Waals surface area (Å²) in [6, 6.07) is 11.2. The third-order valence-electron chi connectivity index (χ3n) is 5.32. The van der Waals surface area contributed by atoms with Crippen LogP contribution in [0.2, 0.25) is 0 Å². The quantitative estimate of drug-likeness (QED) is 0.440. The Morgan fingerprint density at radius 3 is 2.74 bits per heavy atom. The summed E-state index contributed by atoms with van der Waals surface area (Å²) in [4.78, 5) is 21.1. The molecule has 2 aromatic carbocycles. The number of methoxy groups -OCH3 is 1. The number of hydrogen-bond acceptors (Lipinski definition) is 8. The molecule has 0 saturated heterocycles. The molecule has 1 amide bonds. The van der Waals surface area contributed by atoms with Crippen LogP contribution in [0.3, 0.4) is 0 Å². The van der Waals surface area contributed by atoms with Crippen molar-refractivity contribution in [1.29, 1.82) is 0 Å². The highest BCUT2D eigenvalue weighted by molar-refractivity contribution is 8.00. The van der Waals surface area contributed by atoms with Crippen LogP contribution in [-0.4, -0.2) is 45.4 Å². The van der Waals surface area contributed by atoms with Crippen molar-refractivity contribution >= 4 is 37.9 Å². The van der Waals surface area contributed by atoms with Gasteiger partial charge in [-0.25, -0.2) is 23.7 Å². The Kier molecular flexibility index (Phi) is 7.06. The average molecular weight is 485 g/mol. The maximum atomic E-state index is 13.3. The molecule has 1 aromatic heterocycles. The van der Waals surface area contributed by atoms with Crippen molar-refractivity contribution in [2.24, 2.45) is 0 Å². The number of nitrogens with one attached hydrogen (secondary N) is 2. The molecule has 3 aromatic rings. The van der Waals surface area contributed by atoms with Crippen LogP contribution in [0.5, 0.6) is 11.5 Å². The number of ether oxygens (including phenoxy) is 3. The van der Waals surface area contributed by atoms with E-state index in [1.807, 2.05) is 18.2 Å². The zero-order valence-corrected chi connectivity index (χ0v) is 20.2. The molecule has 9 nitrogen and oxygen atoms in total. The van der Waals surface area contributed by atoms with Gasteiger partial charge >= 0.3 is 6.09 Å². The molecule has 0 bridgehead atoms. The number of amides is 1. The van der Waals surface area contributed by atoms with Crippen LogP contribution >= 0.6 is 0 Å². The van der Waals surface area contributed by atoms with Crippen LogP contribution in [0.15, 0.2) is 47.6 Å². The van der Waals surface area contributed by atoms with Crippen molar-refractivity contribution < 1.29 is 23.2 Å². The van der Waals surface area contributed by atoms with E-state index in [1.165, 1.54) is 11.7 Å². The fourth-order valence-electron chi connectivity index (χ4n) is 3.40. The van der Waals surface area contributed by atoms with Gasteiger partial charge in [0.25, 0.3) is 0 Å². The second-order valence-electron chi connectivity index (χ2n) is 7.76. The molecule has 1 aliphatic carbocycles. The molecule has 1 fully saturated rings. The van der Waals surface area contributed by atoms with Gasteiger partial charge in [-0.1, -0.05) is 12.1 Å². The SMILES string of the molecule is CC=S(=O)(NC(=O)OCC)c1cccc(COc2cc3ncnc(NC4CC4)c3cc2OC)c1. The van der Waals surface area contributed by atoms with Crippen molar-refractivity contribution in [1.82, 2.24) is 14.7 Å². The molecule has 1 saturated carbocycles. The highest BCUT2D eigenvalue weighted by atomic mass is 32.2. The molecule has 0 aliphatic heterocycles. The molecule has 0 spiro atoms. The third-order valence-corrected chi connectivity index (χ3v) is 7.41. The van der Waals surface area contributed by atoms with E-state index in [9.17, 15) is 9.00 Å². The second-order valence-corrected chi connectivity index (χ2v) is 10.1. The van der Waals surface area contributed by atoms with Gasteiger partial charge in [0.2, 0.25) is 0 Å². The first kappa shape index (κ1) is 23.6. The predicted octanol–water partition coefficient (Wildman–Crippen LogP) is 3.92. The molecule has 2 N–H and O–H groups in total. The van der Waals surface area contributed by atoms with E-state index in [1.54, 1.807) is 39.2 Å². The van der Waals surface area contributed by atoms with Crippen LogP contribution < -0.4 is 19.5 Å². The van der Waals surface area contributed by atoms with E-state index >= 15 is 0 Å². The van der Waals surface area contributed by atoms with Crippen molar-refractivity contribution in [2.75, 3.05) is 19.0 Å². The topological polar surface area (TPSA) is 112 Å². The van der Waals surface area contributed by atoms with Crippen LogP contribution in [-0.2, 0) is 21.1 Å². The summed E-state index contributed by atoms with van der Waals surface area (Å²) in [6.07, 6.45) is 3.08. The first-order valence-corrected chi connectivity index (χ1v) is 12.7. The molecular weight excluding hydrogens is 456 g/mol. The molecule has 0 radical (unpaired) electrons. The third kappa shape index (κ3) is 5.33. The Morgan fingerprint density at radius 1 is 1.21 bits per heavy atom. The number of carbonyl (C=O) groups excluding carboxylic acids is 1. The summed E-state index contributed by atoms with van der Waals surface area (Å²) in [5, 5.41) is 5.74. The Balaban J connectivity index is 1.56. The van der Waals surface area contributed by atoms with Gasteiger partial charge in [-0.05, 0) is 55.8 Å². The van der Waals surface area contributed by atoms with E-state index in [4.69, 9.17) is 14.2 Å². The fourth-order valence-corrected chi connectivity index (χ4v) is 4.82. The second kappa shape index (κ2) is 10.2. The highest BCUT2D eigenvalue weighted by Gasteiger charge is 2.23. The minimum Gasteiger partial charge on any atom is -0.493 e. The fraction of sp³-hybridized carbons (Fsp3) is 0.333. The molecule has 1 unspecified atom stereocenters. The van der Waals surface area contributed by atoms with Gasteiger partial charge in [0.05, 0.1) is 33.8 Å². The van der Waals surface area contributed by atoms with Gasteiger partial charge in [0, 0.05) is 17.5 Å². The van der Waals surface area contributed by atoms with E-state index in [-0.39, 0.29) is 13.2 Å². The van der Waals surface area contributed by atoms with E-state index in [0.29, 0.717) is 22.4 Å². The lowest BCUT2D eigenvalue weighted by Gasteiger charge is -2.15. The number of benzene rings is 2. The molecule has 10 heteroatoms. The zero-order valence-electron chi connectivity index (χ0n) is 19.4. The van der Waals surface area contributed by atoms with Crippen LogP contribution in [0.25, 0.3) is 10.9 Å². The van der Waals surface area contributed by atoms with E-state index in [2.05, 4.69) is 20.0 Å². The Morgan fingerprint density at radius 2 is 2.03 bits per heavy atom. The number of nitrogens with zero attached hydrogens (tertiary/aromatic N) is 2. The van der Waals surface area contributed by atoms with Gasteiger partial charge < -0.3 is 19.5 Å². The summed E-state index contributed by atoms with van der Waals surface area (Å²) < 4.78 is 32.2. The van der Waals surface area contributed by atoms with Crippen molar-refractivity contribution in [2.45, 2.75) is 44.2 Å². The molecule has 1 aliphatic rings. The molecule has 34 heavy (non-hydrogen) atoms. The summed E-state index contributed by atoms with van der Waals surface area (Å²) in [7, 11) is -1.35. The summed E-state index contributed by atoms with van der Waals surface area (Å²) in [5.41, 5.74) is 1.52. The minimum atomic E-state index is -2.94. The lowest BCUT2D eigenvalue weighted by atomic mass is 10.2. The summed E-state index contributed by atoms with van der Waals surface area (Å²) in [6.45, 7) is 3.71. The molecule has 4 rings (SSSR count). The van der Waals surface area contributed by atoms with Gasteiger partial charge in [-0.15, -0.1) is 0 Å². The van der Waals surface area contributed by atoms with Gasteiger partial charge in [-0.3, -0.25) is 0 Å². The standard InChI is InChI=1S/C24H28N4O5S/c1-4-32-24(29)28-34(30,5-2)18-8-6-7-16(11-18)14-33-22-13-20-19(12-21(22)31-3)23(26-15-25-20)27-17-9-10-17/h5-8,11-13,15,17H,4,9-10,14H2,1-3H3,(H,25,26,27)(H,28,29,30). The smallest absolute Gasteiger partial charge is 0.418 e. The number of fused-ring (bicyclic) bond motifs is 1. The highest BCUT2D eigenvalue weighted by Crippen LogP contribution is 2.35. The normalized spacial score (nSPS) is 14.7. The number of anilines is 1. The summed E-state index contributed by atoms with van der Waals surface area (Å²) in [5.74, 6) is 1.88. The Hall–Kier alpha value is -3.53. The van der Waals surface area contributed by atoms with Gasteiger partial charge in [-0.2, -0.15) is 0 Å².